The predicted molar refractivity (Wildman–Crippen MR) is 127 cm³/mol. The monoisotopic (exact) mass is 496 g/mol. The van der Waals surface area contributed by atoms with Crippen molar-refractivity contribution in [3.63, 3.8) is 0 Å². The Kier molecular flexibility index (Phi) is 5.50. The van der Waals surface area contributed by atoms with Crippen molar-refractivity contribution in [3.05, 3.63) is 95.3 Å². The first-order valence-electron chi connectivity index (χ1n) is 11.0. The van der Waals surface area contributed by atoms with Crippen LogP contribution < -0.4 is 0 Å². The van der Waals surface area contributed by atoms with Crippen LogP contribution in [0.25, 0.3) is 44.1 Å². The number of nitrogens with zero attached hydrogens (tertiary/aromatic N) is 2. The fourth-order valence-corrected chi connectivity index (χ4v) is 4.39. The van der Waals surface area contributed by atoms with Gasteiger partial charge in [-0.2, -0.15) is 26.3 Å². The van der Waals surface area contributed by atoms with Crippen LogP contribution in [0.4, 0.5) is 26.3 Å². The van der Waals surface area contributed by atoms with E-state index in [1.54, 1.807) is 13.8 Å². The maximum absolute atomic E-state index is 13.0. The van der Waals surface area contributed by atoms with Gasteiger partial charge >= 0.3 is 12.4 Å². The van der Waals surface area contributed by atoms with E-state index in [1.807, 2.05) is 24.3 Å². The number of benzene rings is 3. The van der Waals surface area contributed by atoms with Gasteiger partial charge in [-0.15, -0.1) is 0 Å². The second-order valence-corrected chi connectivity index (χ2v) is 8.63. The van der Waals surface area contributed by atoms with Gasteiger partial charge in [-0.05, 0) is 72.5 Å². The van der Waals surface area contributed by atoms with E-state index < -0.39 is 23.5 Å². The smallest absolute Gasteiger partial charge is 0.251 e. The highest BCUT2D eigenvalue weighted by Gasteiger charge is 2.31. The van der Waals surface area contributed by atoms with Gasteiger partial charge in [0.2, 0.25) is 0 Å². The number of aromatic nitrogens is 2. The number of aryl methyl sites for hydroxylation is 2. The van der Waals surface area contributed by atoms with Crippen LogP contribution in [-0.2, 0) is 12.4 Å². The van der Waals surface area contributed by atoms with Crippen LogP contribution in [-0.4, -0.2) is 9.97 Å². The molecule has 0 unspecified atom stereocenters. The summed E-state index contributed by atoms with van der Waals surface area (Å²) >= 11 is 0. The van der Waals surface area contributed by atoms with E-state index in [2.05, 4.69) is 9.97 Å². The Labute approximate surface area is 202 Å². The van der Waals surface area contributed by atoms with Gasteiger partial charge in [0, 0.05) is 22.2 Å². The van der Waals surface area contributed by atoms with Crippen molar-refractivity contribution >= 4 is 21.8 Å². The van der Waals surface area contributed by atoms with Gasteiger partial charge in [0.25, 0.3) is 0 Å². The Bertz CT molecular complexity index is 1480. The lowest BCUT2D eigenvalue weighted by Crippen LogP contribution is -2.04. The van der Waals surface area contributed by atoms with Crippen molar-refractivity contribution in [2.24, 2.45) is 0 Å². The number of fused-ring (bicyclic) bond motifs is 3. The summed E-state index contributed by atoms with van der Waals surface area (Å²) in [5.41, 5.74) is 3.63. The molecule has 5 rings (SSSR count). The number of hydrogen-bond acceptors (Lipinski definition) is 2. The molecule has 8 heteroatoms. The van der Waals surface area contributed by atoms with E-state index >= 15 is 0 Å². The normalized spacial score (nSPS) is 12.4. The van der Waals surface area contributed by atoms with Gasteiger partial charge in [-0.1, -0.05) is 36.4 Å². The molecule has 0 aliphatic rings. The van der Waals surface area contributed by atoms with Crippen molar-refractivity contribution in [2.45, 2.75) is 26.2 Å². The number of halogens is 6. The number of alkyl halides is 6. The van der Waals surface area contributed by atoms with Gasteiger partial charge in [-0.3, -0.25) is 9.97 Å². The Balaban J connectivity index is 1.71. The van der Waals surface area contributed by atoms with E-state index in [1.165, 1.54) is 24.3 Å². The summed E-state index contributed by atoms with van der Waals surface area (Å²) in [6.07, 6.45) is -8.86. The Hall–Kier alpha value is -3.94. The lowest BCUT2D eigenvalue weighted by atomic mass is 9.94. The minimum atomic E-state index is -4.43. The molecule has 0 amide bonds. The van der Waals surface area contributed by atoms with Crippen LogP contribution in [0.1, 0.15) is 22.5 Å². The maximum atomic E-state index is 13.0. The van der Waals surface area contributed by atoms with Gasteiger partial charge in [0.15, 0.2) is 0 Å². The molecule has 2 nitrogen and oxygen atoms in total. The van der Waals surface area contributed by atoms with E-state index in [4.69, 9.17) is 0 Å². The first-order chi connectivity index (χ1) is 16.9. The molecule has 0 spiro atoms. The highest BCUT2D eigenvalue weighted by atomic mass is 19.4. The summed E-state index contributed by atoms with van der Waals surface area (Å²) in [6.45, 7) is 3.58. The van der Waals surface area contributed by atoms with E-state index in [0.29, 0.717) is 55.4 Å². The molecule has 3 aromatic carbocycles. The number of pyridine rings is 2. The maximum Gasteiger partial charge on any atom is 0.416 e. The van der Waals surface area contributed by atoms with Crippen molar-refractivity contribution in [1.29, 1.82) is 0 Å². The van der Waals surface area contributed by atoms with Crippen LogP contribution in [0.15, 0.2) is 72.8 Å². The molecule has 0 saturated heterocycles. The second kappa shape index (κ2) is 8.33. The first-order valence-corrected chi connectivity index (χ1v) is 11.0. The molecule has 0 fully saturated rings. The third-order valence-electron chi connectivity index (χ3n) is 6.06. The fourth-order valence-electron chi connectivity index (χ4n) is 4.39. The Morgan fingerprint density at radius 3 is 1.14 bits per heavy atom. The Morgan fingerprint density at radius 2 is 0.833 bits per heavy atom. The van der Waals surface area contributed by atoms with Crippen LogP contribution in [0.2, 0.25) is 0 Å². The molecule has 0 radical (unpaired) electrons. The summed E-state index contributed by atoms with van der Waals surface area (Å²) in [5.74, 6) is 0. The number of hydrogen-bond donors (Lipinski definition) is 0. The highest BCUT2D eigenvalue weighted by Crippen LogP contribution is 2.38. The van der Waals surface area contributed by atoms with E-state index in [0.717, 1.165) is 24.3 Å². The first kappa shape index (κ1) is 23.8. The quantitative estimate of drug-likeness (QED) is 0.180. The molecule has 2 aromatic heterocycles. The van der Waals surface area contributed by atoms with Crippen molar-refractivity contribution in [2.75, 3.05) is 0 Å². The van der Waals surface area contributed by atoms with Crippen molar-refractivity contribution < 1.29 is 26.3 Å². The molecule has 0 aliphatic carbocycles. The molecule has 182 valence electrons. The molecule has 2 heterocycles. The third kappa shape index (κ3) is 4.27. The lowest BCUT2D eigenvalue weighted by molar-refractivity contribution is -0.138. The Morgan fingerprint density at radius 1 is 0.500 bits per heavy atom. The van der Waals surface area contributed by atoms with Crippen molar-refractivity contribution in [1.82, 2.24) is 9.97 Å². The molecule has 36 heavy (non-hydrogen) atoms. The summed E-state index contributed by atoms with van der Waals surface area (Å²) in [4.78, 5) is 9.36. The lowest BCUT2D eigenvalue weighted by Gasteiger charge is -2.14. The summed E-state index contributed by atoms with van der Waals surface area (Å²) in [6, 6.07) is 17.2. The minimum absolute atomic E-state index is 0.569. The van der Waals surface area contributed by atoms with Crippen LogP contribution in [0.3, 0.4) is 0 Å². The molecular weight excluding hydrogens is 478 g/mol. The molecule has 0 aliphatic heterocycles. The van der Waals surface area contributed by atoms with E-state index in [-0.39, 0.29) is 0 Å². The number of rotatable bonds is 2. The zero-order chi connectivity index (χ0) is 25.8. The van der Waals surface area contributed by atoms with Crippen LogP contribution >= 0.6 is 0 Å². The molecule has 5 aromatic rings. The van der Waals surface area contributed by atoms with E-state index in [9.17, 15) is 26.3 Å². The predicted octanol–water partition coefficient (Wildman–Crippen LogP) is 8.77. The molecular formula is C28H18F6N2. The van der Waals surface area contributed by atoms with Gasteiger partial charge in [0.05, 0.1) is 22.2 Å². The topological polar surface area (TPSA) is 25.8 Å². The fraction of sp³-hybridized carbons (Fsp3) is 0.143. The summed E-state index contributed by atoms with van der Waals surface area (Å²) in [7, 11) is 0. The average molecular weight is 496 g/mol. The van der Waals surface area contributed by atoms with Gasteiger partial charge in [0.1, 0.15) is 0 Å². The molecule has 0 atom stereocenters. The third-order valence-corrected chi connectivity index (χ3v) is 6.06. The molecule has 0 saturated carbocycles. The minimum Gasteiger partial charge on any atom is -0.251 e. The standard InChI is InChI=1S/C28H18F6N2/c1-15-13-23(17-3-7-19(8-4-17)27(29,30)31)21-11-12-22-24(14-16(2)36-26(22)25(21)35-15)18-5-9-20(10-6-18)28(32,33)34/h3-14H,1-2H3. The van der Waals surface area contributed by atoms with Crippen molar-refractivity contribution in [3.8, 4) is 22.3 Å². The average Bonchev–Trinajstić information content (AvgIpc) is 2.82. The zero-order valence-corrected chi connectivity index (χ0v) is 19.1. The molecule has 0 bridgehead atoms. The van der Waals surface area contributed by atoms with Crippen LogP contribution in [0.5, 0.6) is 0 Å². The largest absolute Gasteiger partial charge is 0.416 e. The SMILES string of the molecule is Cc1cc(-c2ccc(C(F)(F)F)cc2)c2ccc3c(-c4ccc(C(F)(F)F)cc4)cc(C)nc3c2n1. The molecule has 0 N–H and O–H groups in total. The second-order valence-electron chi connectivity index (χ2n) is 8.63. The van der Waals surface area contributed by atoms with Gasteiger partial charge < -0.3 is 0 Å². The summed E-state index contributed by atoms with van der Waals surface area (Å²) < 4.78 is 78.2. The highest BCUT2D eigenvalue weighted by molar-refractivity contribution is 6.12. The van der Waals surface area contributed by atoms with Gasteiger partial charge in [-0.25, -0.2) is 0 Å². The van der Waals surface area contributed by atoms with Crippen LogP contribution in [0, 0.1) is 13.8 Å². The zero-order valence-electron chi connectivity index (χ0n) is 19.1. The summed E-state index contributed by atoms with van der Waals surface area (Å²) in [5, 5.41) is 1.42.